The molecule has 7 nitrogen and oxygen atoms in total. The minimum atomic E-state index is -0.655. The Bertz CT molecular complexity index is 844. The Labute approximate surface area is 146 Å². The number of aromatic nitrogens is 3. The van der Waals surface area contributed by atoms with Crippen LogP contribution in [0.15, 0.2) is 29.2 Å². The van der Waals surface area contributed by atoms with Crippen LogP contribution in [0.1, 0.15) is 36.2 Å². The van der Waals surface area contributed by atoms with E-state index in [1.54, 1.807) is 19.2 Å². The zero-order valence-corrected chi connectivity index (χ0v) is 14.8. The number of nitrogens with one attached hydrogen (secondary N) is 1. The lowest BCUT2D eigenvalue weighted by Crippen LogP contribution is -2.37. The molecule has 1 atom stereocenters. The third-order valence-electron chi connectivity index (χ3n) is 4.47. The van der Waals surface area contributed by atoms with Gasteiger partial charge in [-0.05, 0) is 37.8 Å². The molecule has 2 heterocycles. The molecule has 7 heteroatoms. The van der Waals surface area contributed by atoms with E-state index in [0.29, 0.717) is 6.54 Å². The van der Waals surface area contributed by atoms with Gasteiger partial charge < -0.3 is 10.2 Å². The summed E-state index contributed by atoms with van der Waals surface area (Å²) in [4.78, 5) is 31.0. The lowest BCUT2D eigenvalue weighted by atomic mass is 10.2. The van der Waals surface area contributed by atoms with Gasteiger partial charge in [-0.25, -0.2) is 9.67 Å². The SMILES string of the molecule is CC(C(=O)NCc1cccnc1N(C)C)n1nc2c(cc1=O)CCC2. The van der Waals surface area contributed by atoms with E-state index in [0.717, 1.165) is 41.9 Å². The number of pyridine rings is 1. The van der Waals surface area contributed by atoms with Crippen LogP contribution in [0.25, 0.3) is 0 Å². The minimum absolute atomic E-state index is 0.223. The molecule has 0 radical (unpaired) electrons. The quantitative estimate of drug-likeness (QED) is 0.880. The molecule has 132 valence electrons. The molecule has 1 aliphatic rings. The van der Waals surface area contributed by atoms with E-state index in [9.17, 15) is 9.59 Å². The topological polar surface area (TPSA) is 80.1 Å². The molecule has 0 aromatic carbocycles. The van der Waals surface area contributed by atoms with Crippen LogP contribution in [0.5, 0.6) is 0 Å². The first-order valence-electron chi connectivity index (χ1n) is 8.48. The standard InChI is InChI=1S/C18H23N5O2/c1-12(23-16(24)10-13-6-4-8-15(13)21-23)18(25)20-11-14-7-5-9-19-17(14)22(2)3/h5,7,9-10,12H,4,6,8,11H2,1-3H3,(H,20,25). The van der Waals surface area contributed by atoms with E-state index < -0.39 is 6.04 Å². The molecule has 0 spiro atoms. The highest BCUT2D eigenvalue weighted by molar-refractivity contribution is 5.79. The highest BCUT2D eigenvalue weighted by Crippen LogP contribution is 2.18. The van der Waals surface area contributed by atoms with E-state index in [1.165, 1.54) is 4.68 Å². The fourth-order valence-corrected chi connectivity index (χ4v) is 3.10. The van der Waals surface area contributed by atoms with Gasteiger partial charge in [-0.2, -0.15) is 5.10 Å². The van der Waals surface area contributed by atoms with E-state index >= 15 is 0 Å². The zero-order chi connectivity index (χ0) is 18.0. The molecule has 0 aliphatic heterocycles. The Balaban J connectivity index is 1.73. The van der Waals surface area contributed by atoms with E-state index in [2.05, 4.69) is 15.4 Å². The van der Waals surface area contributed by atoms with E-state index in [1.807, 2.05) is 31.1 Å². The third kappa shape index (κ3) is 3.55. The predicted molar refractivity (Wildman–Crippen MR) is 95.6 cm³/mol. The summed E-state index contributed by atoms with van der Waals surface area (Å²) in [6.07, 6.45) is 4.50. The number of carbonyl (C=O) groups is 1. The average Bonchev–Trinajstić information content (AvgIpc) is 3.05. The van der Waals surface area contributed by atoms with Gasteiger partial charge in [0.25, 0.3) is 5.56 Å². The lowest BCUT2D eigenvalue weighted by Gasteiger charge is -2.18. The third-order valence-corrected chi connectivity index (χ3v) is 4.47. The number of rotatable bonds is 5. The molecule has 0 bridgehead atoms. The second-order valence-electron chi connectivity index (χ2n) is 6.53. The summed E-state index contributed by atoms with van der Waals surface area (Å²) in [6, 6.07) is 4.72. The van der Waals surface area contributed by atoms with Gasteiger partial charge in [0.2, 0.25) is 5.91 Å². The van der Waals surface area contributed by atoms with Crippen LogP contribution in [0.2, 0.25) is 0 Å². The van der Waals surface area contributed by atoms with Gasteiger partial charge in [-0.15, -0.1) is 0 Å². The minimum Gasteiger partial charge on any atom is -0.362 e. The molecule has 0 saturated carbocycles. The number of nitrogens with zero attached hydrogens (tertiary/aromatic N) is 4. The van der Waals surface area contributed by atoms with Gasteiger partial charge in [0.05, 0.1) is 5.69 Å². The summed E-state index contributed by atoms with van der Waals surface area (Å²) >= 11 is 0. The van der Waals surface area contributed by atoms with Gasteiger partial charge in [0.15, 0.2) is 0 Å². The number of hydrogen-bond donors (Lipinski definition) is 1. The number of hydrogen-bond acceptors (Lipinski definition) is 5. The highest BCUT2D eigenvalue weighted by atomic mass is 16.2. The average molecular weight is 341 g/mol. The van der Waals surface area contributed by atoms with Crippen molar-refractivity contribution in [2.45, 2.75) is 38.8 Å². The number of anilines is 1. The normalized spacial score (nSPS) is 14.0. The summed E-state index contributed by atoms with van der Waals surface area (Å²) < 4.78 is 1.29. The van der Waals surface area contributed by atoms with Crippen molar-refractivity contribution in [1.29, 1.82) is 0 Å². The van der Waals surface area contributed by atoms with Crippen LogP contribution in [0, 0.1) is 0 Å². The Morgan fingerprint density at radius 1 is 1.40 bits per heavy atom. The van der Waals surface area contributed by atoms with Gasteiger partial charge in [0.1, 0.15) is 11.9 Å². The highest BCUT2D eigenvalue weighted by Gasteiger charge is 2.21. The van der Waals surface area contributed by atoms with Crippen LogP contribution < -0.4 is 15.8 Å². The molecule has 25 heavy (non-hydrogen) atoms. The Kier molecular flexibility index (Phi) is 4.83. The molecular formula is C18H23N5O2. The smallest absolute Gasteiger partial charge is 0.267 e. The second kappa shape index (κ2) is 7.04. The van der Waals surface area contributed by atoms with Crippen LogP contribution >= 0.6 is 0 Å². The van der Waals surface area contributed by atoms with Crippen LogP contribution in [-0.2, 0) is 24.2 Å². The van der Waals surface area contributed by atoms with Gasteiger partial charge >= 0.3 is 0 Å². The first kappa shape index (κ1) is 17.1. The largest absolute Gasteiger partial charge is 0.362 e. The van der Waals surface area contributed by atoms with Gasteiger partial charge in [0, 0.05) is 38.5 Å². The molecular weight excluding hydrogens is 318 g/mol. The molecule has 1 aliphatic carbocycles. The van der Waals surface area contributed by atoms with Crippen molar-refractivity contribution in [3.8, 4) is 0 Å². The van der Waals surface area contributed by atoms with Crippen LogP contribution in [-0.4, -0.2) is 34.8 Å². The molecule has 1 unspecified atom stereocenters. The van der Waals surface area contributed by atoms with Crippen LogP contribution in [0.4, 0.5) is 5.82 Å². The fourth-order valence-electron chi connectivity index (χ4n) is 3.10. The number of aryl methyl sites for hydroxylation is 2. The van der Waals surface area contributed by atoms with Crippen molar-refractivity contribution in [1.82, 2.24) is 20.1 Å². The summed E-state index contributed by atoms with van der Waals surface area (Å²) in [7, 11) is 3.81. The van der Waals surface area contributed by atoms with Crippen molar-refractivity contribution in [2.24, 2.45) is 0 Å². The lowest BCUT2D eigenvalue weighted by molar-refractivity contribution is -0.124. The maximum absolute atomic E-state index is 12.5. The van der Waals surface area contributed by atoms with Gasteiger partial charge in [-0.1, -0.05) is 6.07 Å². The molecule has 0 fully saturated rings. The first-order valence-corrected chi connectivity index (χ1v) is 8.48. The number of carbonyl (C=O) groups excluding carboxylic acids is 1. The summed E-state index contributed by atoms with van der Waals surface area (Å²) in [5.41, 5.74) is 2.64. The Hall–Kier alpha value is -2.70. The van der Waals surface area contributed by atoms with E-state index in [4.69, 9.17) is 0 Å². The number of fused-ring (bicyclic) bond motifs is 1. The molecule has 2 aromatic rings. The Morgan fingerprint density at radius 2 is 2.20 bits per heavy atom. The number of amides is 1. The Morgan fingerprint density at radius 3 is 2.96 bits per heavy atom. The van der Waals surface area contributed by atoms with Crippen molar-refractivity contribution in [2.75, 3.05) is 19.0 Å². The van der Waals surface area contributed by atoms with Crippen molar-refractivity contribution < 1.29 is 4.79 Å². The maximum Gasteiger partial charge on any atom is 0.267 e. The summed E-state index contributed by atoms with van der Waals surface area (Å²) in [5, 5.41) is 7.28. The predicted octanol–water partition coefficient (Wildman–Crippen LogP) is 1.07. The maximum atomic E-state index is 12.5. The van der Waals surface area contributed by atoms with E-state index in [-0.39, 0.29) is 11.5 Å². The van der Waals surface area contributed by atoms with Crippen molar-refractivity contribution >= 4 is 11.7 Å². The molecule has 2 aromatic heterocycles. The fraction of sp³-hybridized carbons (Fsp3) is 0.444. The van der Waals surface area contributed by atoms with Crippen molar-refractivity contribution in [3.63, 3.8) is 0 Å². The molecule has 1 N–H and O–H groups in total. The molecule has 0 saturated heterocycles. The summed E-state index contributed by atoms with van der Waals surface area (Å²) in [5.74, 6) is 0.574. The van der Waals surface area contributed by atoms with Crippen LogP contribution in [0.3, 0.4) is 0 Å². The molecule has 3 rings (SSSR count). The summed E-state index contributed by atoms with van der Waals surface area (Å²) in [6.45, 7) is 2.05. The van der Waals surface area contributed by atoms with Gasteiger partial charge in [-0.3, -0.25) is 9.59 Å². The zero-order valence-electron chi connectivity index (χ0n) is 14.8. The molecule has 1 amide bonds. The first-order chi connectivity index (χ1) is 12.0. The van der Waals surface area contributed by atoms with Crippen molar-refractivity contribution in [3.05, 3.63) is 51.6 Å². The monoisotopic (exact) mass is 341 g/mol. The second-order valence-corrected chi connectivity index (χ2v) is 6.53.